The number of carbonyl (C=O) groups is 2. The van der Waals surface area contributed by atoms with Crippen molar-refractivity contribution in [2.24, 2.45) is 0 Å². The van der Waals surface area contributed by atoms with Crippen molar-refractivity contribution in [3.05, 3.63) is 83.5 Å². The number of benzene rings is 2. The molecule has 0 fully saturated rings. The maximum absolute atomic E-state index is 12.7. The topological polar surface area (TPSA) is 83.3 Å². The van der Waals surface area contributed by atoms with Crippen LogP contribution in [0, 0.1) is 11.3 Å². The van der Waals surface area contributed by atoms with Crippen LogP contribution in [0.1, 0.15) is 16.8 Å². The molecular weight excluding hydrogens is 434 g/mol. The molecule has 0 bridgehead atoms. The lowest BCUT2D eigenvalue weighted by Gasteiger charge is -2.22. The number of hydrogen-bond donors (Lipinski definition) is 0. The summed E-state index contributed by atoms with van der Waals surface area (Å²) in [6.07, 6.45) is 1.72. The molecule has 0 aliphatic rings. The Bertz CT molecular complexity index is 1100. The summed E-state index contributed by atoms with van der Waals surface area (Å²) in [6.45, 7) is -0.309. The number of halogens is 1. The third kappa shape index (κ3) is 6.32. The van der Waals surface area contributed by atoms with E-state index in [1.807, 2.05) is 36.4 Å². The number of ether oxygens (including phenoxy) is 1. The summed E-state index contributed by atoms with van der Waals surface area (Å²) in [4.78, 5) is 32.0. The van der Waals surface area contributed by atoms with Crippen LogP contribution in [0.5, 0.6) is 0 Å². The number of amides is 1. The van der Waals surface area contributed by atoms with Gasteiger partial charge in [0.15, 0.2) is 6.61 Å². The molecule has 0 radical (unpaired) electrons. The average Bonchev–Trinajstić information content (AvgIpc) is 2.79. The number of aromatic nitrogens is 1. The monoisotopic (exact) mass is 451 g/mol. The van der Waals surface area contributed by atoms with Crippen molar-refractivity contribution < 1.29 is 14.3 Å². The zero-order chi connectivity index (χ0) is 22.1. The molecule has 3 rings (SSSR count). The van der Waals surface area contributed by atoms with E-state index in [1.165, 1.54) is 16.7 Å². The van der Waals surface area contributed by atoms with E-state index in [2.05, 4.69) is 4.98 Å². The average molecular weight is 452 g/mol. The highest BCUT2D eigenvalue weighted by atomic mass is 35.5. The Labute approximate surface area is 189 Å². The Balaban J connectivity index is 1.70. The highest BCUT2D eigenvalue weighted by Crippen LogP contribution is 2.28. The van der Waals surface area contributed by atoms with Gasteiger partial charge in [0.05, 0.1) is 18.1 Å². The van der Waals surface area contributed by atoms with Crippen LogP contribution >= 0.6 is 23.4 Å². The van der Waals surface area contributed by atoms with Crippen molar-refractivity contribution in [1.82, 2.24) is 4.98 Å². The first-order chi connectivity index (χ1) is 15.1. The Hall–Kier alpha value is -3.34. The highest BCUT2D eigenvalue weighted by molar-refractivity contribution is 7.99. The van der Waals surface area contributed by atoms with Crippen LogP contribution in [-0.2, 0) is 9.53 Å². The summed E-state index contributed by atoms with van der Waals surface area (Å²) in [5, 5.41) is 9.86. The maximum Gasteiger partial charge on any atom is 0.341 e. The SMILES string of the molecule is N#CCCN(C(=O)COC(=O)c1cccnc1Sc1ccccc1)c1cccc(Cl)c1. The number of nitriles is 1. The van der Waals surface area contributed by atoms with Gasteiger partial charge in [-0.25, -0.2) is 9.78 Å². The van der Waals surface area contributed by atoms with E-state index >= 15 is 0 Å². The molecule has 1 amide bonds. The Kier molecular flexibility index (Phi) is 8.05. The van der Waals surface area contributed by atoms with Crippen LogP contribution in [-0.4, -0.2) is 30.0 Å². The minimum absolute atomic E-state index is 0.132. The van der Waals surface area contributed by atoms with Crippen molar-refractivity contribution >= 4 is 40.9 Å². The number of nitrogens with zero attached hydrogens (tertiary/aromatic N) is 3. The molecular formula is C23H18ClN3O3S. The number of pyridine rings is 1. The van der Waals surface area contributed by atoms with E-state index in [-0.39, 0.29) is 18.5 Å². The van der Waals surface area contributed by atoms with Crippen LogP contribution in [0.4, 0.5) is 5.69 Å². The number of hydrogen-bond acceptors (Lipinski definition) is 6. The van der Waals surface area contributed by atoms with E-state index in [4.69, 9.17) is 21.6 Å². The van der Waals surface area contributed by atoms with Gasteiger partial charge in [-0.05, 0) is 42.5 Å². The first-order valence-corrected chi connectivity index (χ1v) is 10.6. The van der Waals surface area contributed by atoms with Gasteiger partial charge in [0, 0.05) is 28.3 Å². The van der Waals surface area contributed by atoms with Gasteiger partial charge >= 0.3 is 5.97 Å². The van der Waals surface area contributed by atoms with Crippen LogP contribution in [0.25, 0.3) is 0 Å². The molecule has 156 valence electrons. The van der Waals surface area contributed by atoms with E-state index in [1.54, 1.807) is 42.6 Å². The summed E-state index contributed by atoms with van der Waals surface area (Å²) in [7, 11) is 0. The van der Waals surface area contributed by atoms with E-state index < -0.39 is 18.5 Å². The first-order valence-electron chi connectivity index (χ1n) is 9.36. The minimum atomic E-state index is -0.647. The number of carbonyl (C=O) groups excluding carboxylic acids is 2. The molecule has 0 aliphatic carbocycles. The Morgan fingerprint density at radius 1 is 1.10 bits per heavy atom. The molecule has 0 N–H and O–H groups in total. The van der Waals surface area contributed by atoms with Gasteiger partial charge in [-0.15, -0.1) is 0 Å². The molecule has 31 heavy (non-hydrogen) atoms. The van der Waals surface area contributed by atoms with Crippen molar-refractivity contribution in [2.45, 2.75) is 16.3 Å². The van der Waals surface area contributed by atoms with Gasteiger partial charge in [-0.3, -0.25) is 4.79 Å². The van der Waals surface area contributed by atoms with E-state index in [9.17, 15) is 9.59 Å². The molecule has 0 aliphatic heterocycles. The molecule has 3 aromatic rings. The smallest absolute Gasteiger partial charge is 0.341 e. The zero-order valence-corrected chi connectivity index (χ0v) is 18.0. The molecule has 1 heterocycles. The van der Waals surface area contributed by atoms with E-state index in [0.717, 1.165) is 4.90 Å². The molecule has 8 heteroatoms. The third-order valence-electron chi connectivity index (χ3n) is 4.14. The second kappa shape index (κ2) is 11.2. The minimum Gasteiger partial charge on any atom is -0.452 e. The maximum atomic E-state index is 12.7. The normalized spacial score (nSPS) is 10.2. The lowest BCUT2D eigenvalue weighted by atomic mass is 10.2. The predicted octanol–water partition coefficient (Wildman–Crippen LogP) is 4.99. The van der Waals surface area contributed by atoms with Crippen molar-refractivity contribution in [2.75, 3.05) is 18.1 Å². The fraction of sp³-hybridized carbons (Fsp3) is 0.130. The van der Waals surface area contributed by atoms with Crippen molar-refractivity contribution in [3.8, 4) is 6.07 Å². The van der Waals surface area contributed by atoms with Crippen LogP contribution in [0.3, 0.4) is 0 Å². The molecule has 2 aromatic carbocycles. The summed E-state index contributed by atoms with van der Waals surface area (Å²) < 4.78 is 5.28. The van der Waals surface area contributed by atoms with Crippen molar-refractivity contribution in [1.29, 1.82) is 5.26 Å². The fourth-order valence-electron chi connectivity index (χ4n) is 2.71. The summed E-state index contributed by atoms with van der Waals surface area (Å²) in [5.41, 5.74) is 0.806. The van der Waals surface area contributed by atoms with Gasteiger partial charge < -0.3 is 9.64 Å². The third-order valence-corrected chi connectivity index (χ3v) is 5.41. The quantitative estimate of drug-likeness (QED) is 0.448. The van der Waals surface area contributed by atoms with Crippen molar-refractivity contribution in [3.63, 3.8) is 0 Å². The fourth-order valence-corrected chi connectivity index (χ4v) is 3.79. The lowest BCUT2D eigenvalue weighted by Crippen LogP contribution is -2.35. The van der Waals surface area contributed by atoms with E-state index in [0.29, 0.717) is 15.7 Å². The Morgan fingerprint density at radius 3 is 2.65 bits per heavy atom. The second-order valence-electron chi connectivity index (χ2n) is 6.28. The molecule has 0 unspecified atom stereocenters. The van der Waals surface area contributed by atoms with Gasteiger partial charge in [0.25, 0.3) is 5.91 Å². The second-order valence-corrected chi connectivity index (χ2v) is 7.78. The summed E-state index contributed by atoms with van der Waals surface area (Å²) in [6, 6.07) is 21.5. The summed E-state index contributed by atoms with van der Waals surface area (Å²) >= 11 is 7.36. The van der Waals surface area contributed by atoms with Gasteiger partial charge in [0.2, 0.25) is 0 Å². The number of esters is 1. The van der Waals surface area contributed by atoms with Gasteiger partial charge in [-0.2, -0.15) is 5.26 Å². The van der Waals surface area contributed by atoms with Crippen LogP contribution in [0.15, 0.2) is 82.8 Å². The number of rotatable bonds is 8. The standard InChI is InChI=1S/C23H18ClN3O3S/c24-17-7-4-8-18(15-17)27(14-6-12-25)21(28)16-30-23(29)20-11-5-13-26-22(20)31-19-9-2-1-3-10-19/h1-5,7-11,13,15H,6,14,16H2. The molecule has 0 atom stereocenters. The molecule has 0 saturated heterocycles. The lowest BCUT2D eigenvalue weighted by molar-refractivity contribution is -0.121. The first kappa shape index (κ1) is 22.3. The largest absolute Gasteiger partial charge is 0.452 e. The van der Waals surface area contributed by atoms with Crippen LogP contribution < -0.4 is 4.90 Å². The highest BCUT2D eigenvalue weighted by Gasteiger charge is 2.20. The molecule has 0 spiro atoms. The molecule has 1 aromatic heterocycles. The zero-order valence-electron chi connectivity index (χ0n) is 16.4. The predicted molar refractivity (Wildman–Crippen MR) is 119 cm³/mol. The number of anilines is 1. The summed E-state index contributed by atoms with van der Waals surface area (Å²) in [5.74, 6) is -1.10. The Morgan fingerprint density at radius 2 is 1.90 bits per heavy atom. The molecule has 6 nitrogen and oxygen atoms in total. The van der Waals surface area contributed by atoms with Crippen LogP contribution in [0.2, 0.25) is 5.02 Å². The van der Waals surface area contributed by atoms with Gasteiger partial charge in [0.1, 0.15) is 5.03 Å². The van der Waals surface area contributed by atoms with Gasteiger partial charge in [-0.1, -0.05) is 47.6 Å². The molecule has 0 saturated carbocycles.